The van der Waals surface area contributed by atoms with Crippen molar-refractivity contribution in [3.05, 3.63) is 21.4 Å². The molecule has 0 saturated carbocycles. The zero-order valence-corrected chi connectivity index (χ0v) is 10.6. The minimum Gasteiger partial charge on any atom is -0.330 e. The van der Waals surface area contributed by atoms with E-state index in [1.54, 1.807) is 10.4 Å². The van der Waals surface area contributed by atoms with E-state index in [2.05, 4.69) is 31.3 Å². The van der Waals surface area contributed by atoms with Crippen LogP contribution in [0.2, 0.25) is 0 Å². The van der Waals surface area contributed by atoms with Gasteiger partial charge in [-0.3, -0.25) is 0 Å². The van der Waals surface area contributed by atoms with E-state index in [9.17, 15) is 0 Å². The van der Waals surface area contributed by atoms with Crippen LogP contribution in [-0.2, 0) is 6.42 Å². The second-order valence-electron chi connectivity index (χ2n) is 4.78. The van der Waals surface area contributed by atoms with Crippen LogP contribution in [0.15, 0.2) is 5.38 Å². The Morgan fingerprint density at radius 3 is 2.87 bits per heavy atom. The summed E-state index contributed by atoms with van der Waals surface area (Å²) in [6, 6.07) is 0.577. The van der Waals surface area contributed by atoms with Crippen molar-refractivity contribution in [1.29, 1.82) is 0 Å². The summed E-state index contributed by atoms with van der Waals surface area (Å²) in [6.45, 7) is 3.05. The fourth-order valence-electron chi connectivity index (χ4n) is 2.54. The van der Waals surface area contributed by atoms with E-state index < -0.39 is 0 Å². The van der Waals surface area contributed by atoms with Crippen molar-refractivity contribution in [3.8, 4) is 0 Å². The molecule has 2 rings (SSSR count). The molecule has 0 spiro atoms. The number of nitrogens with zero attached hydrogens (tertiary/aromatic N) is 1. The van der Waals surface area contributed by atoms with Crippen molar-refractivity contribution < 1.29 is 0 Å². The molecule has 3 heteroatoms. The summed E-state index contributed by atoms with van der Waals surface area (Å²) in [5, 5.41) is 2.29. The topological polar surface area (TPSA) is 29.3 Å². The second kappa shape index (κ2) is 4.24. The lowest BCUT2D eigenvalue weighted by Crippen LogP contribution is -2.31. The smallest absolute Gasteiger partial charge is 0.0358 e. The molecule has 0 fully saturated rings. The Bertz CT molecular complexity index is 343. The summed E-state index contributed by atoms with van der Waals surface area (Å²) in [5.74, 6) is 0.669. The summed E-state index contributed by atoms with van der Waals surface area (Å²) >= 11 is 1.91. The molecule has 2 atom stereocenters. The molecule has 84 valence electrons. The maximum absolute atomic E-state index is 5.82. The zero-order valence-electron chi connectivity index (χ0n) is 9.79. The van der Waals surface area contributed by atoms with Crippen molar-refractivity contribution in [2.45, 2.75) is 25.8 Å². The fraction of sp³-hybridized carbons (Fsp3) is 0.667. The zero-order chi connectivity index (χ0) is 11.0. The largest absolute Gasteiger partial charge is 0.330 e. The van der Waals surface area contributed by atoms with Gasteiger partial charge in [0.25, 0.3) is 0 Å². The van der Waals surface area contributed by atoms with Gasteiger partial charge in [0.05, 0.1) is 0 Å². The first-order valence-corrected chi connectivity index (χ1v) is 6.44. The van der Waals surface area contributed by atoms with Crippen LogP contribution < -0.4 is 5.73 Å². The quantitative estimate of drug-likeness (QED) is 0.834. The third-order valence-electron chi connectivity index (χ3n) is 3.42. The number of hydrogen-bond donors (Lipinski definition) is 1. The third-order valence-corrected chi connectivity index (χ3v) is 4.57. The minimum absolute atomic E-state index is 0.577. The average molecular weight is 224 g/mol. The average Bonchev–Trinajstić information content (AvgIpc) is 2.59. The molecule has 1 aromatic rings. The van der Waals surface area contributed by atoms with E-state index in [-0.39, 0.29) is 0 Å². The molecule has 0 aliphatic heterocycles. The summed E-state index contributed by atoms with van der Waals surface area (Å²) in [7, 11) is 4.34. The predicted molar refractivity (Wildman–Crippen MR) is 66.3 cm³/mol. The highest BCUT2D eigenvalue weighted by molar-refractivity contribution is 7.10. The Labute approximate surface area is 96.1 Å². The first-order valence-electron chi connectivity index (χ1n) is 5.56. The normalized spacial score (nSPS) is 25.7. The maximum Gasteiger partial charge on any atom is 0.0358 e. The number of nitrogens with two attached hydrogens (primary N) is 1. The number of rotatable bonds is 2. The highest BCUT2D eigenvalue weighted by Crippen LogP contribution is 2.40. The molecular formula is C12H20N2S. The lowest BCUT2D eigenvalue weighted by molar-refractivity contribution is 0.234. The standard InChI is InChI=1S/C12H20N2S/c1-8-7-15-11-5-9(6-13)4-10(12(8)11)14(2)3/h7,9-10H,4-6,13H2,1-3H3. The Balaban J connectivity index is 2.36. The maximum atomic E-state index is 5.82. The van der Waals surface area contributed by atoms with Gasteiger partial charge in [-0.2, -0.15) is 0 Å². The molecule has 1 heterocycles. The van der Waals surface area contributed by atoms with Crippen LogP contribution in [0.5, 0.6) is 0 Å². The van der Waals surface area contributed by atoms with Crippen LogP contribution in [0.25, 0.3) is 0 Å². The first-order chi connectivity index (χ1) is 7.13. The van der Waals surface area contributed by atoms with Crippen molar-refractivity contribution in [2.24, 2.45) is 11.7 Å². The Morgan fingerprint density at radius 1 is 1.53 bits per heavy atom. The van der Waals surface area contributed by atoms with Crippen LogP contribution in [0.1, 0.15) is 28.5 Å². The number of fused-ring (bicyclic) bond motifs is 1. The monoisotopic (exact) mass is 224 g/mol. The van der Waals surface area contributed by atoms with Crippen LogP contribution in [0.3, 0.4) is 0 Å². The van der Waals surface area contributed by atoms with Crippen molar-refractivity contribution >= 4 is 11.3 Å². The number of hydrogen-bond acceptors (Lipinski definition) is 3. The molecule has 2 unspecified atom stereocenters. The Kier molecular flexibility index (Phi) is 3.14. The molecule has 1 aliphatic carbocycles. The summed E-state index contributed by atoms with van der Waals surface area (Å²) in [4.78, 5) is 3.90. The molecule has 0 aromatic carbocycles. The molecular weight excluding hydrogens is 204 g/mol. The summed E-state index contributed by atoms with van der Waals surface area (Å²) in [5.41, 5.74) is 8.86. The molecule has 2 nitrogen and oxygen atoms in total. The lowest BCUT2D eigenvalue weighted by atomic mass is 9.83. The highest BCUT2D eigenvalue weighted by Gasteiger charge is 2.29. The van der Waals surface area contributed by atoms with Gasteiger partial charge in [0, 0.05) is 10.9 Å². The molecule has 0 bridgehead atoms. The van der Waals surface area contributed by atoms with Gasteiger partial charge in [-0.15, -0.1) is 11.3 Å². The van der Waals surface area contributed by atoms with Crippen LogP contribution >= 0.6 is 11.3 Å². The van der Waals surface area contributed by atoms with Gasteiger partial charge >= 0.3 is 0 Å². The fourth-order valence-corrected chi connectivity index (χ4v) is 3.74. The third kappa shape index (κ3) is 1.96. The number of aryl methyl sites for hydroxylation is 1. The number of thiophene rings is 1. The molecule has 0 amide bonds. The van der Waals surface area contributed by atoms with Crippen molar-refractivity contribution in [2.75, 3.05) is 20.6 Å². The summed E-state index contributed by atoms with van der Waals surface area (Å²) < 4.78 is 0. The molecule has 2 N–H and O–H groups in total. The van der Waals surface area contributed by atoms with Gasteiger partial charge in [0.15, 0.2) is 0 Å². The minimum atomic E-state index is 0.577. The SMILES string of the molecule is Cc1csc2c1C(N(C)C)CC(CN)C2. The highest BCUT2D eigenvalue weighted by atomic mass is 32.1. The van der Waals surface area contributed by atoms with Crippen LogP contribution in [0, 0.1) is 12.8 Å². The van der Waals surface area contributed by atoms with Gasteiger partial charge < -0.3 is 10.6 Å². The predicted octanol–water partition coefficient (Wildman–Crippen LogP) is 2.18. The molecule has 15 heavy (non-hydrogen) atoms. The van der Waals surface area contributed by atoms with E-state index >= 15 is 0 Å². The molecule has 0 radical (unpaired) electrons. The van der Waals surface area contributed by atoms with Gasteiger partial charge in [-0.25, -0.2) is 0 Å². The Hall–Kier alpha value is -0.380. The van der Waals surface area contributed by atoms with E-state index in [1.807, 2.05) is 11.3 Å². The van der Waals surface area contributed by atoms with Crippen molar-refractivity contribution in [3.63, 3.8) is 0 Å². The van der Waals surface area contributed by atoms with Crippen molar-refractivity contribution in [1.82, 2.24) is 4.90 Å². The first kappa shape index (κ1) is 11.1. The molecule has 0 saturated heterocycles. The van der Waals surface area contributed by atoms with Crippen LogP contribution in [0.4, 0.5) is 0 Å². The van der Waals surface area contributed by atoms with Crippen LogP contribution in [-0.4, -0.2) is 25.5 Å². The molecule has 1 aliphatic rings. The lowest BCUT2D eigenvalue weighted by Gasteiger charge is -2.33. The molecule has 1 aromatic heterocycles. The second-order valence-corrected chi connectivity index (χ2v) is 5.74. The van der Waals surface area contributed by atoms with Gasteiger partial charge in [0.1, 0.15) is 0 Å². The van der Waals surface area contributed by atoms with E-state index in [0.717, 1.165) is 6.54 Å². The summed E-state index contributed by atoms with van der Waals surface area (Å²) in [6.07, 6.45) is 2.41. The van der Waals surface area contributed by atoms with E-state index in [1.165, 1.54) is 18.4 Å². The van der Waals surface area contributed by atoms with E-state index in [4.69, 9.17) is 5.73 Å². The van der Waals surface area contributed by atoms with Gasteiger partial charge in [-0.05, 0) is 62.8 Å². The van der Waals surface area contributed by atoms with Gasteiger partial charge in [-0.1, -0.05) is 0 Å². The van der Waals surface area contributed by atoms with Gasteiger partial charge in [0.2, 0.25) is 0 Å². The van der Waals surface area contributed by atoms with E-state index in [0.29, 0.717) is 12.0 Å². The Morgan fingerprint density at radius 2 is 2.27 bits per heavy atom.